The van der Waals surface area contributed by atoms with Crippen LogP contribution >= 0.6 is 0 Å². The van der Waals surface area contributed by atoms with E-state index in [9.17, 15) is 14.9 Å². The van der Waals surface area contributed by atoms with Crippen LogP contribution in [0.15, 0.2) is 53.5 Å². The van der Waals surface area contributed by atoms with E-state index < -0.39 is 4.92 Å². The SMILES string of the molecule is CCNC(=NCCc1cccc(C(=O)NC)c1)NCCNc1ccc([N+](=O)[O-])cc1. The molecule has 0 aliphatic rings. The number of non-ortho nitro benzene ring substituents is 1. The molecule has 0 atom stereocenters. The van der Waals surface area contributed by atoms with Gasteiger partial charge in [-0.05, 0) is 43.2 Å². The smallest absolute Gasteiger partial charge is 0.269 e. The van der Waals surface area contributed by atoms with E-state index in [0.29, 0.717) is 31.2 Å². The van der Waals surface area contributed by atoms with Crippen LogP contribution in [0.1, 0.15) is 22.8 Å². The predicted molar refractivity (Wildman–Crippen MR) is 119 cm³/mol. The molecule has 0 aromatic heterocycles. The predicted octanol–water partition coefficient (Wildman–Crippen LogP) is 2.16. The van der Waals surface area contributed by atoms with E-state index in [4.69, 9.17) is 0 Å². The number of benzene rings is 2. The van der Waals surface area contributed by atoms with Crippen LogP contribution < -0.4 is 21.3 Å². The summed E-state index contributed by atoms with van der Waals surface area (Å²) in [5, 5.41) is 23.0. The lowest BCUT2D eigenvalue weighted by molar-refractivity contribution is -0.384. The van der Waals surface area contributed by atoms with Gasteiger partial charge in [-0.3, -0.25) is 19.9 Å². The highest BCUT2D eigenvalue weighted by atomic mass is 16.6. The third-order valence-corrected chi connectivity index (χ3v) is 4.26. The number of aliphatic imine (C=N–C) groups is 1. The van der Waals surface area contributed by atoms with Crippen LogP contribution in [0.2, 0.25) is 0 Å². The Morgan fingerprint density at radius 3 is 2.53 bits per heavy atom. The first-order valence-electron chi connectivity index (χ1n) is 9.85. The molecule has 0 bridgehead atoms. The number of nitrogens with one attached hydrogen (secondary N) is 4. The van der Waals surface area contributed by atoms with Crippen molar-refractivity contribution < 1.29 is 9.72 Å². The zero-order chi connectivity index (χ0) is 21.8. The minimum absolute atomic E-state index is 0.0705. The summed E-state index contributed by atoms with van der Waals surface area (Å²) >= 11 is 0. The Hall–Kier alpha value is -3.62. The van der Waals surface area contributed by atoms with Gasteiger partial charge in [-0.25, -0.2) is 0 Å². The van der Waals surface area contributed by atoms with Gasteiger partial charge in [0.15, 0.2) is 5.96 Å². The van der Waals surface area contributed by atoms with Gasteiger partial charge in [0, 0.05) is 56.6 Å². The number of carbonyl (C=O) groups is 1. The highest BCUT2D eigenvalue weighted by Gasteiger charge is 2.05. The molecule has 0 aliphatic heterocycles. The molecular formula is C21H28N6O3. The van der Waals surface area contributed by atoms with Crippen LogP contribution in [-0.4, -0.2) is 50.0 Å². The molecule has 4 N–H and O–H groups in total. The maximum Gasteiger partial charge on any atom is 0.269 e. The Morgan fingerprint density at radius 2 is 1.87 bits per heavy atom. The van der Waals surface area contributed by atoms with Crippen LogP contribution in [0, 0.1) is 10.1 Å². The van der Waals surface area contributed by atoms with Crippen molar-refractivity contribution in [3.8, 4) is 0 Å². The third kappa shape index (κ3) is 7.42. The van der Waals surface area contributed by atoms with Crippen molar-refractivity contribution in [3.05, 3.63) is 69.8 Å². The van der Waals surface area contributed by atoms with Gasteiger partial charge in [0.1, 0.15) is 0 Å². The van der Waals surface area contributed by atoms with Crippen LogP contribution in [-0.2, 0) is 6.42 Å². The first kappa shape index (κ1) is 22.7. The van der Waals surface area contributed by atoms with E-state index in [2.05, 4.69) is 26.3 Å². The van der Waals surface area contributed by atoms with Gasteiger partial charge in [-0.15, -0.1) is 0 Å². The first-order chi connectivity index (χ1) is 14.5. The van der Waals surface area contributed by atoms with E-state index in [1.807, 2.05) is 25.1 Å². The van der Waals surface area contributed by atoms with Crippen molar-refractivity contribution in [1.82, 2.24) is 16.0 Å². The summed E-state index contributed by atoms with van der Waals surface area (Å²) in [6, 6.07) is 13.8. The quantitative estimate of drug-likeness (QED) is 0.156. The van der Waals surface area contributed by atoms with Gasteiger partial charge >= 0.3 is 0 Å². The number of guanidine groups is 1. The largest absolute Gasteiger partial charge is 0.383 e. The normalized spacial score (nSPS) is 10.9. The number of nitrogens with zero attached hydrogens (tertiary/aromatic N) is 2. The van der Waals surface area contributed by atoms with E-state index in [1.165, 1.54) is 12.1 Å². The van der Waals surface area contributed by atoms with E-state index >= 15 is 0 Å². The summed E-state index contributed by atoms with van der Waals surface area (Å²) in [7, 11) is 1.62. The van der Waals surface area contributed by atoms with E-state index in [-0.39, 0.29) is 11.6 Å². The molecule has 0 fully saturated rings. The number of amides is 1. The summed E-state index contributed by atoms with van der Waals surface area (Å²) in [6.07, 6.45) is 0.725. The minimum atomic E-state index is -0.417. The average Bonchev–Trinajstić information content (AvgIpc) is 2.76. The zero-order valence-electron chi connectivity index (χ0n) is 17.3. The molecule has 9 heteroatoms. The number of rotatable bonds is 10. The van der Waals surface area contributed by atoms with Crippen molar-refractivity contribution in [2.75, 3.05) is 38.5 Å². The van der Waals surface area contributed by atoms with Crippen molar-refractivity contribution in [3.63, 3.8) is 0 Å². The summed E-state index contributed by atoms with van der Waals surface area (Å²) < 4.78 is 0. The van der Waals surface area contributed by atoms with Gasteiger partial charge < -0.3 is 21.3 Å². The monoisotopic (exact) mass is 412 g/mol. The number of hydrogen-bond donors (Lipinski definition) is 4. The van der Waals surface area contributed by atoms with Gasteiger partial charge in [0.2, 0.25) is 0 Å². The Morgan fingerprint density at radius 1 is 1.10 bits per heavy atom. The Labute approximate surface area is 176 Å². The Kier molecular flexibility index (Phi) is 9.11. The molecule has 0 radical (unpaired) electrons. The molecule has 0 spiro atoms. The highest BCUT2D eigenvalue weighted by Crippen LogP contribution is 2.14. The summed E-state index contributed by atoms with van der Waals surface area (Å²) in [4.78, 5) is 26.6. The molecule has 1 amide bonds. The van der Waals surface area contributed by atoms with Crippen LogP contribution in [0.4, 0.5) is 11.4 Å². The molecule has 2 aromatic carbocycles. The Balaban J connectivity index is 1.80. The highest BCUT2D eigenvalue weighted by molar-refractivity contribution is 5.94. The number of nitro benzene ring substituents is 1. The van der Waals surface area contributed by atoms with Crippen LogP contribution in [0.5, 0.6) is 0 Å². The molecule has 160 valence electrons. The van der Waals surface area contributed by atoms with Gasteiger partial charge in [0.25, 0.3) is 11.6 Å². The fraction of sp³-hybridized carbons (Fsp3) is 0.333. The average molecular weight is 412 g/mol. The minimum Gasteiger partial charge on any atom is -0.383 e. The van der Waals surface area contributed by atoms with E-state index in [1.54, 1.807) is 25.2 Å². The van der Waals surface area contributed by atoms with Gasteiger partial charge in [-0.2, -0.15) is 0 Å². The summed E-state index contributed by atoms with van der Waals surface area (Å²) in [5.41, 5.74) is 2.58. The van der Waals surface area contributed by atoms with Gasteiger partial charge in [0.05, 0.1) is 4.92 Å². The molecular weight excluding hydrogens is 384 g/mol. The van der Waals surface area contributed by atoms with Gasteiger partial charge in [-0.1, -0.05) is 12.1 Å². The second-order valence-electron chi connectivity index (χ2n) is 6.45. The van der Waals surface area contributed by atoms with Crippen molar-refractivity contribution in [2.45, 2.75) is 13.3 Å². The zero-order valence-corrected chi connectivity index (χ0v) is 17.3. The lowest BCUT2D eigenvalue weighted by Crippen LogP contribution is -2.39. The molecule has 9 nitrogen and oxygen atoms in total. The molecule has 0 saturated heterocycles. The van der Waals surface area contributed by atoms with Crippen molar-refractivity contribution in [2.24, 2.45) is 4.99 Å². The lowest BCUT2D eigenvalue weighted by atomic mass is 10.1. The van der Waals surface area contributed by atoms with Crippen LogP contribution in [0.3, 0.4) is 0 Å². The molecule has 0 saturated carbocycles. The number of carbonyl (C=O) groups excluding carboxylic acids is 1. The Bertz CT molecular complexity index is 867. The third-order valence-electron chi connectivity index (χ3n) is 4.26. The standard InChI is InChI=1S/C21H28N6O3/c1-3-23-21(25-12-11-16-5-4-6-17(15-16)20(28)22-2)26-14-13-24-18-7-9-19(10-8-18)27(29)30/h4-10,15,24H,3,11-14H2,1-2H3,(H,22,28)(H2,23,25,26). The first-order valence-corrected chi connectivity index (χ1v) is 9.85. The fourth-order valence-electron chi connectivity index (χ4n) is 2.74. The number of nitro groups is 1. The molecule has 2 rings (SSSR count). The lowest BCUT2D eigenvalue weighted by Gasteiger charge is -2.12. The maximum absolute atomic E-state index is 11.7. The van der Waals surface area contributed by atoms with E-state index in [0.717, 1.165) is 24.2 Å². The molecule has 0 unspecified atom stereocenters. The van der Waals surface area contributed by atoms with Crippen LogP contribution in [0.25, 0.3) is 0 Å². The second-order valence-corrected chi connectivity index (χ2v) is 6.45. The summed E-state index contributed by atoms with van der Waals surface area (Å²) in [5.74, 6) is 0.612. The number of hydrogen-bond acceptors (Lipinski definition) is 5. The molecule has 0 aliphatic carbocycles. The maximum atomic E-state index is 11.7. The number of anilines is 1. The van der Waals surface area contributed by atoms with Crippen molar-refractivity contribution >= 4 is 23.2 Å². The molecule has 30 heavy (non-hydrogen) atoms. The molecule has 0 heterocycles. The fourth-order valence-corrected chi connectivity index (χ4v) is 2.74. The molecule has 2 aromatic rings. The summed E-state index contributed by atoms with van der Waals surface area (Å²) in [6.45, 7) is 4.60. The van der Waals surface area contributed by atoms with Crippen molar-refractivity contribution in [1.29, 1.82) is 0 Å². The second kappa shape index (κ2) is 12.1. The topological polar surface area (TPSA) is 121 Å².